The fraction of sp³-hybridized carbons (Fsp3) is 0.538. The van der Waals surface area contributed by atoms with Crippen molar-refractivity contribution in [1.82, 2.24) is 10.0 Å². The molecule has 0 aliphatic heterocycles. The summed E-state index contributed by atoms with van der Waals surface area (Å²) in [5, 5.41) is 2.99. The van der Waals surface area contributed by atoms with Crippen LogP contribution in [-0.2, 0) is 16.6 Å². The van der Waals surface area contributed by atoms with E-state index in [4.69, 9.17) is 0 Å². The highest BCUT2D eigenvalue weighted by molar-refractivity contribution is 9.10. The Hall–Kier alpha value is -0.500. The molecule has 20 heavy (non-hydrogen) atoms. The fourth-order valence-corrected chi connectivity index (χ4v) is 3.57. The molecule has 0 aliphatic carbocycles. The molecule has 0 unspecified atom stereocenters. The number of sulfonamides is 1. The van der Waals surface area contributed by atoms with Crippen LogP contribution >= 0.6 is 15.9 Å². The molecule has 0 aromatic heterocycles. The highest BCUT2D eigenvalue weighted by Gasteiger charge is 2.22. The number of benzene rings is 1. The lowest BCUT2D eigenvalue weighted by Gasteiger charge is -2.13. The molecule has 0 bridgehead atoms. The number of nitrogens with one attached hydrogen (secondary N) is 2. The van der Waals surface area contributed by atoms with Crippen molar-refractivity contribution >= 4 is 26.0 Å². The van der Waals surface area contributed by atoms with Gasteiger partial charge in [-0.15, -0.1) is 0 Å². The number of halogens is 2. The van der Waals surface area contributed by atoms with Crippen LogP contribution < -0.4 is 10.0 Å². The largest absolute Gasteiger partial charge is 0.313 e. The van der Waals surface area contributed by atoms with E-state index in [2.05, 4.69) is 26.0 Å². The van der Waals surface area contributed by atoms with Crippen LogP contribution in [0.1, 0.15) is 26.3 Å². The summed E-state index contributed by atoms with van der Waals surface area (Å²) in [5.41, 5.74) is 0.325. The van der Waals surface area contributed by atoms with Gasteiger partial charge in [-0.25, -0.2) is 17.5 Å². The molecule has 0 radical (unpaired) electrons. The Morgan fingerprint density at radius 1 is 1.35 bits per heavy atom. The van der Waals surface area contributed by atoms with Gasteiger partial charge in [-0.3, -0.25) is 0 Å². The van der Waals surface area contributed by atoms with Crippen LogP contribution in [0.3, 0.4) is 0 Å². The second-order valence-corrected chi connectivity index (χ2v) is 7.55. The van der Waals surface area contributed by atoms with Crippen molar-refractivity contribution < 1.29 is 12.8 Å². The van der Waals surface area contributed by atoms with Crippen LogP contribution in [0.5, 0.6) is 0 Å². The SMILES string of the molecule is CCNCc1cc(Br)cc(S(=O)(=O)NCC(C)C)c1F. The van der Waals surface area contributed by atoms with Crippen LogP contribution in [0.25, 0.3) is 0 Å². The van der Waals surface area contributed by atoms with Gasteiger partial charge in [-0.1, -0.05) is 36.7 Å². The van der Waals surface area contributed by atoms with E-state index in [0.29, 0.717) is 16.6 Å². The molecule has 0 saturated heterocycles. The minimum absolute atomic E-state index is 0.154. The Bertz CT molecular complexity index is 562. The van der Waals surface area contributed by atoms with Gasteiger partial charge < -0.3 is 5.32 Å². The van der Waals surface area contributed by atoms with E-state index in [0.717, 1.165) is 0 Å². The van der Waals surface area contributed by atoms with Gasteiger partial charge in [0.25, 0.3) is 0 Å². The first kappa shape index (κ1) is 17.6. The third-order valence-electron chi connectivity index (χ3n) is 2.62. The van der Waals surface area contributed by atoms with Crippen molar-refractivity contribution in [3.63, 3.8) is 0 Å². The highest BCUT2D eigenvalue weighted by Crippen LogP contribution is 2.24. The van der Waals surface area contributed by atoms with Gasteiger partial charge in [0.1, 0.15) is 10.7 Å². The Morgan fingerprint density at radius 3 is 2.55 bits per heavy atom. The minimum atomic E-state index is -3.84. The maximum atomic E-state index is 14.3. The molecule has 0 spiro atoms. The molecule has 0 aliphatic rings. The quantitative estimate of drug-likeness (QED) is 0.779. The lowest BCUT2D eigenvalue weighted by molar-refractivity contribution is 0.534. The summed E-state index contributed by atoms with van der Waals surface area (Å²) < 4.78 is 41.6. The van der Waals surface area contributed by atoms with Gasteiger partial charge in [0.15, 0.2) is 0 Å². The lowest BCUT2D eigenvalue weighted by Crippen LogP contribution is -2.28. The summed E-state index contributed by atoms with van der Waals surface area (Å²) in [6, 6.07) is 2.87. The van der Waals surface area contributed by atoms with Crippen LogP contribution in [0, 0.1) is 11.7 Å². The van der Waals surface area contributed by atoms with Crippen LogP contribution in [-0.4, -0.2) is 21.5 Å². The summed E-state index contributed by atoms with van der Waals surface area (Å²) in [4.78, 5) is -0.319. The van der Waals surface area contributed by atoms with Crippen LogP contribution in [0.2, 0.25) is 0 Å². The van der Waals surface area contributed by atoms with Gasteiger partial charge in [0.2, 0.25) is 10.0 Å². The first-order valence-electron chi connectivity index (χ1n) is 6.46. The molecule has 0 fully saturated rings. The molecule has 0 saturated carbocycles. The van der Waals surface area contributed by atoms with Gasteiger partial charge in [-0.2, -0.15) is 0 Å². The minimum Gasteiger partial charge on any atom is -0.313 e. The molecule has 0 atom stereocenters. The molecule has 4 nitrogen and oxygen atoms in total. The zero-order valence-corrected chi connectivity index (χ0v) is 14.2. The Morgan fingerprint density at radius 2 is 2.00 bits per heavy atom. The predicted octanol–water partition coefficient (Wildman–Crippen LogP) is 2.63. The molecule has 0 heterocycles. The summed E-state index contributed by atoms with van der Waals surface area (Å²) in [6.07, 6.45) is 0. The molecular formula is C13H20BrFN2O2S. The van der Waals surface area contributed by atoms with E-state index in [1.807, 2.05) is 20.8 Å². The molecule has 0 amide bonds. The maximum absolute atomic E-state index is 14.3. The maximum Gasteiger partial charge on any atom is 0.243 e. The van der Waals surface area contributed by atoms with Crippen molar-refractivity contribution in [3.8, 4) is 0 Å². The van der Waals surface area contributed by atoms with Gasteiger partial charge in [0, 0.05) is 23.1 Å². The first-order chi connectivity index (χ1) is 9.27. The molecule has 1 rings (SSSR count). The lowest BCUT2D eigenvalue weighted by atomic mass is 10.2. The van der Waals surface area contributed by atoms with Gasteiger partial charge in [-0.05, 0) is 24.6 Å². The van der Waals surface area contributed by atoms with E-state index in [1.54, 1.807) is 6.07 Å². The number of hydrogen-bond acceptors (Lipinski definition) is 3. The molecule has 2 N–H and O–H groups in total. The Labute approximate surface area is 128 Å². The van der Waals surface area contributed by atoms with E-state index >= 15 is 0 Å². The normalized spacial score (nSPS) is 12.1. The zero-order chi connectivity index (χ0) is 15.3. The van der Waals surface area contributed by atoms with Gasteiger partial charge >= 0.3 is 0 Å². The summed E-state index contributed by atoms with van der Waals surface area (Å²) >= 11 is 3.22. The zero-order valence-electron chi connectivity index (χ0n) is 11.8. The summed E-state index contributed by atoms with van der Waals surface area (Å²) in [6.45, 7) is 6.91. The fourth-order valence-electron chi connectivity index (χ4n) is 1.56. The van der Waals surface area contributed by atoms with E-state index in [-0.39, 0.29) is 23.9 Å². The molecule has 1 aromatic rings. The van der Waals surface area contributed by atoms with E-state index in [9.17, 15) is 12.8 Å². The predicted molar refractivity (Wildman–Crippen MR) is 81.5 cm³/mol. The average Bonchev–Trinajstić information content (AvgIpc) is 2.37. The Kier molecular flexibility index (Phi) is 6.57. The number of rotatable bonds is 7. The van der Waals surface area contributed by atoms with Crippen LogP contribution in [0.15, 0.2) is 21.5 Å². The first-order valence-corrected chi connectivity index (χ1v) is 8.73. The third kappa shape index (κ3) is 4.80. The third-order valence-corrected chi connectivity index (χ3v) is 4.50. The van der Waals surface area contributed by atoms with Crippen molar-refractivity contribution in [2.75, 3.05) is 13.1 Å². The second-order valence-electron chi connectivity index (χ2n) is 4.90. The van der Waals surface area contributed by atoms with Crippen molar-refractivity contribution in [1.29, 1.82) is 0 Å². The van der Waals surface area contributed by atoms with E-state index < -0.39 is 15.8 Å². The highest BCUT2D eigenvalue weighted by atomic mass is 79.9. The van der Waals surface area contributed by atoms with Crippen molar-refractivity contribution in [2.45, 2.75) is 32.2 Å². The number of hydrogen-bond donors (Lipinski definition) is 2. The van der Waals surface area contributed by atoms with Gasteiger partial charge in [0.05, 0.1) is 0 Å². The standard InChI is InChI=1S/C13H20BrFN2O2S/c1-4-16-8-10-5-11(14)6-12(13(10)15)20(18,19)17-7-9(2)3/h5-6,9,16-17H,4,7-8H2,1-3H3. The molecular weight excluding hydrogens is 347 g/mol. The Balaban J connectivity index is 3.13. The second kappa shape index (κ2) is 7.49. The average molecular weight is 367 g/mol. The molecule has 114 valence electrons. The monoisotopic (exact) mass is 366 g/mol. The summed E-state index contributed by atoms with van der Waals surface area (Å²) in [7, 11) is -3.84. The van der Waals surface area contributed by atoms with Crippen molar-refractivity contribution in [2.24, 2.45) is 5.92 Å². The topological polar surface area (TPSA) is 58.2 Å². The van der Waals surface area contributed by atoms with Crippen molar-refractivity contribution in [3.05, 3.63) is 28.0 Å². The van der Waals surface area contributed by atoms with E-state index in [1.165, 1.54) is 6.07 Å². The smallest absolute Gasteiger partial charge is 0.243 e. The van der Waals surface area contributed by atoms with Crippen LogP contribution in [0.4, 0.5) is 4.39 Å². The summed E-state index contributed by atoms with van der Waals surface area (Å²) in [5.74, 6) is -0.549. The molecule has 1 aromatic carbocycles. The molecule has 7 heteroatoms.